The number of hydrogen-bond acceptors (Lipinski definition) is 6. The van der Waals surface area contributed by atoms with Crippen molar-refractivity contribution < 1.29 is 14.3 Å². The molecule has 0 spiro atoms. The summed E-state index contributed by atoms with van der Waals surface area (Å²) in [5.74, 6) is -0.482. The number of rotatable bonds is 6. The van der Waals surface area contributed by atoms with E-state index in [0.717, 1.165) is 24.5 Å². The van der Waals surface area contributed by atoms with E-state index in [4.69, 9.17) is 4.74 Å². The van der Waals surface area contributed by atoms with E-state index in [2.05, 4.69) is 22.1 Å². The predicted octanol–water partition coefficient (Wildman–Crippen LogP) is 1.36. The smallest absolute Gasteiger partial charge is 0.245 e. The lowest BCUT2D eigenvalue weighted by molar-refractivity contribution is -0.132. The molecule has 2 rings (SSSR count). The Kier molecular flexibility index (Phi) is 5.40. The van der Waals surface area contributed by atoms with E-state index in [0.29, 0.717) is 11.7 Å². The van der Waals surface area contributed by atoms with E-state index in [-0.39, 0.29) is 24.5 Å². The molecule has 0 saturated carbocycles. The number of hydrogen-bond donors (Lipinski definition) is 1. The maximum absolute atomic E-state index is 11.9. The lowest BCUT2D eigenvalue weighted by atomic mass is 10.2. The number of nitrogens with zero attached hydrogens (tertiary/aromatic N) is 3. The van der Waals surface area contributed by atoms with Crippen molar-refractivity contribution in [2.45, 2.75) is 25.9 Å². The van der Waals surface area contributed by atoms with Crippen LogP contribution in [0, 0.1) is 0 Å². The SMILES string of the molecule is C=CCN(CC(=O)Nc1nnc(C2CCCO2)s1)C(C)=O. The molecule has 114 valence electrons. The van der Waals surface area contributed by atoms with Crippen LogP contribution in [0.4, 0.5) is 5.13 Å². The van der Waals surface area contributed by atoms with Gasteiger partial charge in [-0.15, -0.1) is 16.8 Å². The van der Waals surface area contributed by atoms with Crippen LogP contribution in [0.5, 0.6) is 0 Å². The predicted molar refractivity (Wildman–Crippen MR) is 78.9 cm³/mol. The molecule has 1 aliphatic heterocycles. The fourth-order valence-electron chi connectivity index (χ4n) is 1.98. The summed E-state index contributed by atoms with van der Waals surface area (Å²) in [5, 5.41) is 11.8. The van der Waals surface area contributed by atoms with Crippen molar-refractivity contribution in [2.75, 3.05) is 25.0 Å². The molecule has 1 fully saturated rings. The molecular weight excluding hydrogens is 292 g/mol. The van der Waals surface area contributed by atoms with Crippen molar-refractivity contribution in [3.63, 3.8) is 0 Å². The van der Waals surface area contributed by atoms with E-state index >= 15 is 0 Å². The van der Waals surface area contributed by atoms with Gasteiger partial charge in [0.05, 0.1) is 0 Å². The Bertz CT molecular complexity index is 525. The van der Waals surface area contributed by atoms with Crippen molar-refractivity contribution >= 4 is 28.3 Å². The Morgan fingerprint density at radius 2 is 2.38 bits per heavy atom. The van der Waals surface area contributed by atoms with Crippen molar-refractivity contribution in [3.8, 4) is 0 Å². The van der Waals surface area contributed by atoms with Gasteiger partial charge >= 0.3 is 0 Å². The maximum Gasteiger partial charge on any atom is 0.245 e. The first-order chi connectivity index (χ1) is 10.1. The van der Waals surface area contributed by atoms with Crippen LogP contribution in [0.25, 0.3) is 0 Å². The number of nitrogens with one attached hydrogen (secondary N) is 1. The lowest BCUT2D eigenvalue weighted by Crippen LogP contribution is -2.36. The van der Waals surface area contributed by atoms with E-state index in [1.165, 1.54) is 23.2 Å². The van der Waals surface area contributed by atoms with Crippen LogP contribution in [0.2, 0.25) is 0 Å². The number of carbonyl (C=O) groups excluding carboxylic acids is 2. The molecule has 0 bridgehead atoms. The highest BCUT2D eigenvalue weighted by molar-refractivity contribution is 7.15. The van der Waals surface area contributed by atoms with Gasteiger partial charge in [-0.25, -0.2) is 0 Å². The van der Waals surface area contributed by atoms with Crippen LogP contribution in [-0.2, 0) is 14.3 Å². The average molecular weight is 310 g/mol. The maximum atomic E-state index is 11.9. The van der Waals surface area contributed by atoms with E-state index in [1.807, 2.05) is 0 Å². The van der Waals surface area contributed by atoms with Crippen LogP contribution in [-0.4, -0.2) is 46.6 Å². The number of amides is 2. The van der Waals surface area contributed by atoms with Crippen LogP contribution >= 0.6 is 11.3 Å². The molecule has 1 saturated heterocycles. The van der Waals surface area contributed by atoms with Gasteiger partial charge in [0.15, 0.2) is 0 Å². The van der Waals surface area contributed by atoms with Crippen LogP contribution < -0.4 is 5.32 Å². The minimum absolute atomic E-state index is 0.0114. The molecule has 1 aromatic rings. The molecule has 7 nitrogen and oxygen atoms in total. The molecule has 2 heterocycles. The number of ether oxygens (including phenoxy) is 1. The van der Waals surface area contributed by atoms with E-state index < -0.39 is 0 Å². The van der Waals surface area contributed by atoms with Crippen molar-refractivity contribution in [2.24, 2.45) is 0 Å². The second-order valence-electron chi connectivity index (χ2n) is 4.68. The van der Waals surface area contributed by atoms with Crippen LogP contribution in [0.1, 0.15) is 30.9 Å². The Morgan fingerprint density at radius 1 is 1.57 bits per heavy atom. The highest BCUT2D eigenvalue weighted by Crippen LogP contribution is 2.31. The van der Waals surface area contributed by atoms with Crippen LogP contribution in [0.15, 0.2) is 12.7 Å². The van der Waals surface area contributed by atoms with Gasteiger partial charge in [0.1, 0.15) is 17.7 Å². The highest BCUT2D eigenvalue weighted by atomic mass is 32.1. The highest BCUT2D eigenvalue weighted by Gasteiger charge is 2.22. The fraction of sp³-hybridized carbons (Fsp3) is 0.538. The van der Waals surface area contributed by atoms with Crippen LogP contribution in [0.3, 0.4) is 0 Å². The lowest BCUT2D eigenvalue weighted by Gasteiger charge is -2.17. The second kappa shape index (κ2) is 7.28. The summed E-state index contributed by atoms with van der Waals surface area (Å²) < 4.78 is 5.52. The summed E-state index contributed by atoms with van der Waals surface area (Å²) in [6.07, 6.45) is 3.51. The van der Waals surface area contributed by atoms with Crippen molar-refractivity contribution in [1.82, 2.24) is 15.1 Å². The average Bonchev–Trinajstić information content (AvgIpc) is 3.08. The molecule has 1 unspecified atom stereocenters. The third-order valence-electron chi connectivity index (χ3n) is 3.02. The monoisotopic (exact) mass is 310 g/mol. The molecular formula is C13H18N4O3S. The van der Waals surface area contributed by atoms with Gasteiger partial charge in [-0.2, -0.15) is 0 Å². The summed E-state index contributed by atoms with van der Waals surface area (Å²) in [5.41, 5.74) is 0. The van der Waals surface area contributed by atoms with Gasteiger partial charge in [0.25, 0.3) is 0 Å². The standard InChI is InChI=1S/C13H18N4O3S/c1-3-6-17(9(2)18)8-11(19)14-13-16-15-12(21-13)10-5-4-7-20-10/h3,10H,1,4-8H2,2H3,(H,14,16,19). The summed E-state index contributed by atoms with van der Waals surface area (Å²) in [7, 11) is 0. The molecule has 1 aliphatic rings. The normalized spacial score (nSPS) is 17.5. The summed E-state index contributed by atoms with van der Waals surface area (Å²) >= 11 is 1.30. The topological polar surface area (TPSA) is 84.4 Å². The largest absolute Gasteiger partial charge is 0.371 e. The number of aromatic nitrogens is 2. The van der Waals surface area contributed by atoms with Gasteiger partial charge in [-0.05, 0) is 12.8 Å². The molecule has 1 aromatic heterocycles. The molecule has 2 amide bonds. The Labute approximate surface area is 127 Å². The zero-order valence-electron chi connectivity index (χ0n) is 11.9. The molecule has 21 heavy (non-hydrogen) atoms. The second-order valence-corrected chi connectivity index (χ2v) is 5.69. The van der Waals surface area contributed by atoms with Gasteiger partial charge < -0.3 is 9.64 Å². The summed E-state index contributed by atoms with van der Waals surface area (Å²) in [6, 6.07) is 0. The van der Waals surface area contributed by atoms with Crippen molar-refractivity contribution in [3.05, 3.63) is 17.7 Å². The van der Waals surface area contributed by atoms with E-state index in [9.17, 15) is 9.59 Å². The molecule has 1 atom stereocenters. The summed E-state index contributed by atoms with van der Waals surface area (Å²) in [4.78, 5) is 24.7. The Balaban J connectivity index is 1.90. The van der Waals surface area contributed by atoms with E-state index in [1.54, 1.807) is 6.08 Å². The fourth-order valence-corrected chi connectivity index (χ4v) is 2.82. The minimum atomic E-state index is -0.304. The first-order valence-corrected chi connectivity index (χ1v) is 7.53. The van der Waals surface area contributed by atoms with Crippen molar-refractivity contribution in [1.29, 1.82) is 0 Å². The molecule has 0 aromatic carbocycles. The Hall–Kier alpha value is -1.80. The first-order valence-electron chi connectivity index (χ1n) is 6.71. The number of anilines is 1. The summed E-state index contributed by atoms with van der Waals surface area (Å²) in [6.45, 7) is 6.01. The third-order valence-corrected chi connectivity index (χ3v) is 3.95. The quantitative estimate of drug-likeness (QED) is 0.802. The first kappa shape index (κ1) is 15.6. The zero-order chi connectivity index (χ0) is 15.2. The molecule has 0 radical (unpaired) electrons. The Morgan fingerprint density at radius 3 is 3.00 bits per heavy atom. The molecule has 8 heteroatoms. The van der Waals surface area contributed by atoms with Gasteiger partial charge in [0.2, 0.25) is 16.9 Å². The van der Waals surface area contributed by atoms with Gasteiger partial charge in [-0.3, -0.25) is 14.9 Å². The third kappa shape index (κ3) is 4.33. The molecule has 0 aliphatic carbocycles. The van der Waals surface area contributed by atoms with Gasteiger partial charge in [0, 0.05) is 20.1 Å². The minimum Gasteiger partial charge on any atom is -0.371 e. The molecule has 1 N–H and O–H groups in total. The number of carbonyl (C=O) groups is 2. The zero-order valence-corrected chi connectivity index (χ0v) is 12.7. The van der Waals surface area contributed by atoms with Gasteiger partial charge in [-0.1, -0.05) is 17.4 Å².